The maximum atomic E-state index is 13.0. The molecule has 0 heterocycles. The monoisotopic (exact) mass is 210 g/mol. The Morgan fingerprint density at radius 2 is 2.00 bits per heavy atom. The Hall–Kier alpha value is -1.18. The zero-order valence-electron chi connectivity index (χ0n) is 9.13. The first-order valence-corrected chi connectivity index (χ1v) is 5.25. The zero-order chi connectivity index (χ0) is 11.3. The summed E-state index contributed by atoms with van der Waals surface area (Å²) in [5, 5.41) is 0. The molecule has 0 saturated carbocycles. The molecule has 0 saturated heterocycles. The lowest BCUT2D eigenvalue weighted by Crippen LogP contribution is -1.97. The highest BCUT2D eigenvalue weighted by Gasteiger charge is 2.10. The van der Waals surface area contributed by atoms with E-state index in [0.29, 0.717) is 0 Å². The molecule has 82 valence electrons. The number of rotatable bonds is 4. The molecule has 0 aliphatic carbocycles. The Morgan fingerprint density at radius 1 is 1.27 bits per heavy atom. The van der Waals surface area contributed by atoms with Gasteiger partial charge in [0.05, 0.1) is 0 Å². The quantitative estimate of drug-likeness (QED) is 0.645. The molecule has 2 heteroatoms. The van der Waals surface area contributed by atoms with Gasteiger partial charge in [0.1, 0.15) is 0 Å². The summed E-state index contributed by atoms with van der Waals surface area (Å²) in [4.78, 5) is 0. The number of benzene rings is 1. The highest BCUT2D eigenvalue weighted by atomic mass is 19.2. The second-order valence-electron chi connectivity index (χ2n) is 3.58. The average molecular weight is 210 g/mol. The molecule has 0 bridgehead atoms. The highest BCUT2D eigenvalue weighted by molar-refractivity contribution is 5.22. The van der Waals surface area contributed by atoms with Crippen LogP contribution in [0.2, 0.25) is 0 Å². The molecule has 0 aromatic heterocycles. The van der Waals surface area contributed by atoms with E-state index >= 15 is 0 Å². The lowest BCUT2D eigenvalue weighted by molar-refractivity contribution is 0.504. The van der Waals surface area contributed by atoms with Crippen LogP contribution >= 0.6 is 0 Å². The first kappa shape index (κ1) is 11.9. The molecular formula is C13H16F2. The summed E-state index contributed by atoms with van der Waals surface area (Å²) in [5.41, 5.74) is 0.870. The maximum Gasteiger partial charge on any atom is 0.159 e. The van der Waals surface area contributed by atoms with Gasteiger partial charge in [0.2, 0.25) is 0 Å². The van der Waals surface area contributed by atoms with Crippen molar-refractivity contribution in [2.75, 3.05) is 0 Å². The molecule has 0 aliphatic heterocycles. The molecule has 0 amide bonds. The van der Waals surface area contributed by atoms with Crippen LogP contribution < -0.4 is 0 Å². The molecule has 0 spiro atoms. The van der Waals surface area contributed by atoms with Gasteiger partial charge in [0.15, 0.2) is 11.6 Å². The summed E-state index contributed by atoms with van der Waals surface area (Å²) in [7, 11) is 0. The van der Waals surface area contributed by atoms with Gasteiger partial charge in [0, 0.05) is 0 Å². The van der Waals surface area contributed by atoms with Gasteiger partial charge in [-0.25, -0.2) is 8.78 Å². The molecular weight excluding hydrogens is 194 g/mol. The number of allylic oxidation sites excluding steroid dienone is 2. The SMILES string of the molecule is C/C=C\CC(CC)c1ccc(F)c(F)c1. The van der Waals surface area contributed by atoms with Gasteiger partial charge in [-0.15, -0.1) is 0 Å². The minimum Gasteiger partial charge on any atom is -0.204 e. The Kier molecular flexibility index (Phi) is 4.47. The van der Waals surface area contributed by atoms with Crippen molar-refractivity contribution >= 4 is 0 Å². The van der Waals surface area contributed by atoms with Crippen molar-refractivity contribution in [2.24, 2.45) is 0 Å². The van der Waals surface area contributed by atoms with Crippen molar-refractivity contribution < 1.29 is 8.78 Å². The van der Waals surface area contributed by atoms with Crippen molar-refractivity contribution in [2.45, 2.75) is 32.6 Å². The normalized spacial score (nSPS) is 13.3. The smallest absolute Gasteiger partial charge is 0.159 e. The van der Waals surface area contributed by atoms with E-state index in [1.165, 1.54) is 12.1 Å². The Labute approximate surface area is 89.6 Å². The summed E-state index contributed by atoms with van der Waals surface area (Å²) < 4.78 is 25.7. The van der Waals surface area contributed by atoms with Gasteiger partial charge in [-0.2, -0.15) is 0 Å². The second-order valence-corrected chi connectivity index (χ2v) is 3.58. The molecule has 15 heavy (non-hydrogen) atoms. The van der Waals surface area contributed by atoms with Crippen LogP contribution in [0.1, 0.15) is 38.2 Å². The van der Waals surface area contributed by atoms with Crippen molar-refractivity contribution in [3.63, 3.8) is 0 Å². The second kappa shape index (κ2) is 5.64. The number of halogens is 2. The van der Waals surface area contributed by atoms with Crippen LogP contribution in [0.25, 0.3) is 0 Å². The van der Waals surface area contributed by atoms with Gasteiger partial charge >= 0.3 is 0 Å². The number of hydrogen-bond acceptors (Lipinski definition) is 0. The minimum atomic E-state index is -0.778. The Bertz CT molecular complexity index is 342. The van der Waals surface area contributed by atoms with Gasteiger partial charge in [-0.05, 0) is 43.4 Å². The van der Waals surface area contributed by atoms with Crippen LogP contribution in [0.3, 0.4) is 0 Å². The fourth-order valence-corrected chi connectivity index (χ4v) is 1.61. The van der Waals surface area contributed by atoms with Crippen molar-refractivity contribution in [1.29, 1.82) is 0 Å². The van der Waals surface area contributed by atoms with Crippen LogP contribution in [-0.2, 0) is 0 Å². The van der Waals surface area contributed by atoms with E-state index in [-0.39, 0.29) is 5.92 Å². The fourth-order valence-electron chi connectivity index (χ4n) is 1.61. The molecule has 1 rings (SSSR count). The highest BCUT2D eigenvalue weighted by Crippen LogP contribution is 2.25. The molecule has 1 atom stereocenters. The third-order valence-electron chi connectivity index (χ3n) is 2.56. The van der Waals surface area contributed by atoms with E-state index in [1.54, 1.807) is 6.07 Å². The molecule has 0 aliphatic rings. The van der Waals surface area contributed by atoms with Crippen LogP contribution in [0.15, 0.2) is 30.4 Å². The standard InChI is InChI=1S/C13H16F2/c1-3-5-6-10(4-2)11-7-8-12(14)13(15)9-11/h3,5,7-10H,4,6H2,1-2H3/b5-3-. The van der Waals surface area contributed by atoms with E-state index in [1.807, 2.05) is 13.0 Å². The lowest BCUT2D eigenvalue weighted by atomic mass is 9.93. The van der Waals surface area contributed by atoms with E-state index in [0.717, 1.165) is 18.4 Å². The van der Waals surface area contributed by atoms with Crippen LogP contribution in [0.5, 0.6) is 0 Å². The Morgan fingerprint density at radius 3 is 2.53 bits per heavy atom. The lowest BCUT2D eigenvalue weighted by Gasteiger charge is -2.13. The van der Waals surface area contributed by atoms with Crippen molar-refractivity contribution in [3.8, 4) is 0 Å². The van der Waals surface area contributed by atoms with E-state index in [9.17, 15) is 8.78 Å². The van der Waals surface area contributed by atoms with E-state index in [2.05, 4.69) is 13.0 Å². The molecule has 0 fully saturated rings. The van der Waals surface area contributed by atoms with Crippen LogP contribution in [0.4, 0.5) is 8.78 Å². The summed E-state index contributed by atoms with van der Waals surface area (Å²) in [6.07, 6.45) is 5.82. The van der Waals surface area contributed by atoms with Gasteiger partial charge in [0.25, 0.3) is 0 Å². The fraction of sp³-hybridized carbons (Fsp3) is 0.385. The summed E-state index contributed by atoms with van der Waals surface area (Å²) in [5.74, 6) is -1.26. The number of hydrogen-bond donors (Lipinski definition) is 0. The first-order chi connectivity index (χ1) is 7.19. The molecule has 0 nitrogen and oxygen atoms in total. The Balaban J connectivity index is 2.87. The topological polar surface area (TPSA) is 0 Å². The third kappa shape index (κ3) is 3.15. The predicted molar refractivity (Wildman–Crippen MR) is 58.8 cm³/mol. The molecule has 0 N–H and O–H groups in total. The van der Waals surface area contributed by atoms with Crippen molar-refractivity contribution in [1.82, 2.24) is 0 Å². The largest absolute Gasteiger partial charge is 0.204 e. The minimum absolute atomic E-state index is 0.274. The van der Waals surface area contributed by atoms with E-state index < -0.39 is 11.6 Å². The molecule has 1 unspecified atom stereocenters. The summed E-state index contributed by atoms with van der Waals surface area (Å²) in [6, 6.07) is 4.16. The van der Waals surface area contributed by atoms with Gasteiger partial charge < -0.3 is 0 Å². The van der Waals surface area contributed by atoms with Crippen LogP contribution in [-0.4, -0.2) is 0 Å². The average Bonchev–Trinajstić information content (AvgIpc) is 2.24. The van der Waals surface area contributed by atoms with Crippen molar-refractivity contribution in [3.05, 3.63) is 47.5 Å². The van der Waals surface area contributed by atoms with E-state index in [4.69, 9.17) is 0 Å². The molecule has 1 aromatic carbocycles. The predicted octanol–water partition coefficient (Wildman–Crippen LogP) is 4.42. The first-order valence-electron chi connectivity index (χ1n) is 5.25. The molecule has 1 aromatic rings. The summed E-state index contributed by atoms with van der Waals surface area (Å²) in [6.45, 7) is 4.01. The summed E-state index contributed by atoms with van der Waals surface area (Å²) >= 11 is 0. The van der Waals surface area contributed by atoms with Gasteiger partial charge in [-0.1, -0.05) is 25.1 Å². The molecule has 0 radical (unpaired) electrons. The third-order valence-corrected chi connectivity index (χ3v) is 2.56. The van der Waals surface area contributed by atoms with Gasteiger partial charge in [-0.3, -0.25) is 0 Å². The van der Waals surface area contributed by atoms with Crippen LogP contribution in [0, 0.1) is 11.6 Å². The zero-order valence-corrected chi connectivity index (χ0v) is 9.13. The maximum absolute atomic E-state index is 13.0.